The molecule has 0 atom stereocenters. The lowest BCUT2D eigenvalue weighted by Gasteiger charge is -2.09. The Morgan fingerprint density at radius 3 is 2.60 bits per heavy atom. The fraction of sp³-hybridized carbons (Fsp3) is 0.417. The third-order valence-corrected chi connectivity index (χ3v) is 2.74. The molecule has 0 amide bonds. The molecule has 3 heteroatoms. The molecular weight excluding hydrogens is 195 g/mol. The Kier molecular flexibility index (Phi) is 2.99. The monoisotopic (exact) mass is 208 g/mol. The summed E-state index contributed by atoms with van der Waals surface area (Å²) in [5.41, 5.74) is 0. The number of ether oxygens (including phenoxy) is 1. The molecule has 0 N–H and O–H groups in total. The molecule has 0 spiro atoms. The first-order valence-corrected chi connectivity index (χ1v) is 5.23. The average molecular weight is 208 g/mol. The van der Waals surface area contributed by atoms with E-state index in [0.29, 0.717) is 0 Å². The van der Waals surface area contributed by atoms with Gasteiger partial charge in [-0.05, 0) is 25.0 Å². The third kappa shape index (κ3) is 2.35. The van der Waals surface area contributed by atoms with Gasteiger partial charge in [0.1, 0.15) is 0 Å². The van der Waals surface area contributed by atoms with E-state index in [9.17, 15) is 9.18 Å². The first kappa shape index (κ1) is 10.1. The number of carbonyl (C=O) groups excluding carboxylic acids is 1. The van der Waals surface area contributed by atoms with Crippen molar-refractivity contribution in [2.75, 3.05) is 0 Å². The van der Waals surface area contributed by atoms with E-state index >= 15 is 0 Å². The zero-order chi connectivity index (χ0) is 10.7. The maximum absolute atomic E-state index is 13.2. The van der Waals surface area contributed by atoms with Gasteiger partial charge in [-0.3, -0.25) is 4.79 Å². The highest BCUT2D eigenvalue weighted by atomic mass is 19.1. The minimum absolute atomic E-state index is 0.0365. The second-order valence-electron chi connectivity index (χ2n) is 3.83. The smallest absolute Gasteiger partial charge is 0.314 e. The molecule has 1 fully saturated rings. The fourth-order valence-electron chi connectivity index (χ4n) is 1.88. The Balaban J connectivity index is 2.02. The van der Waals surface area contributed by atoms with Gasteiger partial charge >= 0.3 is 5.97 Å². The van der Waals surface area contributed by atoms with Crippen LogP contribution >= 0.6 is 0 Å². The minimum Gasteiger partial charge on any atom is -0.423 e. The number of halogens is 1. The van der Waals surface area contributed by atoms with Crippen molar-refractivity contribution in [2.24, 2.45) is 5.92 Å². The number of para-hydroxylation sites is 1. The Labute approximate surface area is 88.1 Å². The van der Waals surface area contributed by atoms with Gasteiger partial charge < -0.3 is 4.74 Å². The van der Waals surface area contributed by atoms with Gasteiger partial charge in [0.25, 0.3) is 0 Å². The van der Waals surface area contributed by atoms with Gasteiger partial charge in [-0.1, -0.05) is 25.0 Å². The molecule has 1 aromatic carbocycles. The van der Waals surface area contributed by atoms with E-state index in [-0.39, 0.29) is 17.6 Å². The van der Waals surface area contributed by atoms with E-state index in [1.807, 2.05) is 0 Å². The highest BCUT2D eigenvalue weighted by Crippen LogP contribution is 2.27. The predicted octanol–water partition coefficient (Wildman–Crippen LogP) is 2.92. The molecule has 2 nitrogen and oxygen atoms in total. The second-order valence-corrected chi connectivity index (χ2v) is 3.83. The van der Waals surface area contributed by atoms with Crippen LogP contribution in [0.15, 0.2) is 24.3 Å². The van der Waals surface area contributed by atoms with Crippen LogP contribution in [-0.2, 0) is 4.79 Å². The zero-order valence-electron chi connectivity index (χ0n) is 8.41. The summed E-state index contributed by atoms with van der Waals surface area (Å²) in [4.78, 5) is 11.6. The van der Waals surface area contributed by atoms with E-state index in [1.54, 1.807) is 12.1 Å². The van der Waals surface area contributed by atoms with Gasteiger partial charge in [0.05, 0.1) is 5.92 Å². The molecule has 0 aliphatic heterocycles. The minimum atomic E-state index is -0.483. The number of hydrogen-bond donors (Lipinski definition) is 0. The fourth-order valence-corrected chi connectivity index (χ4v) is 1.88. The molecule has 1 saturated carbocycles. The number of hydrogen-bond acceptors (Lipinski definition) is 2. The molecule has 0 unspecified atom stereocenters. The second kappa shape index (κ2) is 4.43. The standard InChI is InChI=1S/C12H13FO2/c13-10-7-3-4-8-11(10)15-12(14)9-5-1-2-6-9/h3-4,7-9H,1-2,5-6H2. The number of rotatable bonds is 2. The van der Waals surface area contributed by atoms with Crippen LogP contribution in [0.2, 0.25) is 0 Å². The quantitative estimate of drug-likeness (QED) is 0.551. The van der Waals surface area contributed by atoms with Crippen LogP contribution in [0.3, 0.4) is 0 Å². The summed E-state index contributed by atoms with van der Waals surface area (Å²) >= 11 is 0. The first-order valence-electron chi connectivity index (χ1n) is 5.23. The molecule has 0 saturated heterocycles. The van der Waals surface area contributed by atoms with E-state index < -0.39 is 5.82 Å². The SMILES string of the molecule is O=C(Oc1ccccc1F)C1CCCC1. The van der Waals surface area contributed by atoms with Crippen molar-refractivity contribution in [1.82, 2.24) is 0 Å². The summed E-state index contributed by atoms with van der Waals surface area (Å²) in [5.74, 6) is -0.777. The van der Waals surface area contributed by atoms with Crippen molar-refractivity contribution >= 4 is 5.97 Å². The van der Waals surface area contributed by atoms with Crippen LogP contribution in [0.5, 0.6) is 5.75 Å². The molecule has 80 valence electrons. The van der Waals surface area contributed by atoms with Crippen molar-refractivity contribution in [1.29, 1.82) is 0 Å². The van der Waals surface area contributed by atoms with Crippen molar-refractivity contribution < 1.29 is 13.9 Å². The van der Waals surface area contributed by atoms with Gasteiger partial charge in [0.2, 0.25) is 0 Å². The summed E-state index contributed by atoms with van der Waals surface area (Å²) in [6.07, 6.45) is 3.87. The van der Waals surface area contributed by atoms with Crippen LogP contribution in [-0.4, -0.2) is 5.97 Å². The predicted molar refractivity (Wildman–Crippen MR) is 54.0 cm³/mol. The number of carbonyl (C=O) groups is 1. The van der Waals surface area contributed by atoms with Crippen molar-refractivity contribution in [3.63, 3.8) is 0 Å². The highest BCUT2D eigenvalue weighted by Gasteiger charge is 2.25. The number of benzene rings is 1. The first-order chi connectivity index (χ1) is 7.27. The van der Waals surface area contributed by atoms with E-state index in [2.05, 4.69) is 0 Å². The molecule has 1 aliphatic rings. The highest BCUT2D eigenvalue weighted by molar-refractivity contribution is 5.75. The van der Waals surface area contributed by atoms with Crippen LogP contribution < -0.4 is 4.74 Å². The molecule has 0 bridgehead atoms. The summed E-state index contributed by atoms with van der Waals surface area (Å²) < 4.78 is 18.2. The van der Waals surface area contributed by atoms with Crippen LogP contribution in [0.4, 0.5) is 4.39 Å². The summed E-state index contributed by atoms with van der Waals surface area (Å²) in [5, 5.41) is 0. The Hall–Kier alpha value is -1.38. The molecule has 0 radical (unpaired) electrons. The maximum atomic E-state index is 13.2. The van der Waals surface area contributed by atoms with Crippen LogP contribution in [0, 0.1) is 11.7 Å². The summed E-state index contributed by atoms with van der Waals surface area (Å²) in [6, 6.07) is 5.99. The van der Waals surface area contributed by atoms with Gasteiger partial charge in [0.15, 0.2) is 11.6 Å². The normalized spacial score (nSPS) is 16.6. The lowest BCUT2D eigenvalue weighted by atomic mass is 10.1. The molecule has 0 aromatic heterocycles. The van der Waals surface area contributed by atoms with Gasteiger partial charge in [-0.2, -0.15) is 0 Å². The van der Waals surface area contributed by atoms with Crippen LogP contribution in [0.25, 0.3) is 0 Å². The van der Waals surface area contributed by atoms with E-state index in [1.165, 1.54) is 12.1 Å². The van der Waals surface area contributed by atoms with Crippen LogP contribution in [0.1, 0.15) is 25.7 Å². The molecule has 1 aliphatic carbocycles. The van der Waals surface area contributed by atoms with Gasteiger partial charge in [-0.15, -0.1) is 0 Å². The number of esters is 1. The van der Waals surface area contributed by atoms with Crippen molar-refractivity contribution in [3.8, 4) is 5.75 Å². The Bertz CT molecular complexity index is 356. The van der Waals surface area contributed by atoms with E-state index in [0.717, 1.165) is 25.7 Å². The largest absolute Gasteiger partial charge is 0.423 e. The Morgan fingerprint density at radius 1 is 1.27 bits per heavy atom. The molecular formula is C12H13FO2. The molecule has 2 rings (SSSR count). The van der Waals surface area contributed by atoms with Gasteiger partial charge in [-0.25, -0.2) is 4.39 Å². The van der Waals surface area contributed by atoms with Gasteiger partial charge in [0, 0.05) is 0 Å². The topological polar surface area (TPSA) is 26.3 Å². The molecule has 0 heterocycles. The molecule has 1 aromatic rings. The summed E-state index contributed by atoms with van der Waals surface area (Å²) in [7, 11) is 0. The maximum Gasteiger partial charge on any atom is 0.314 e. The van der Waals surface area contributed by atoms with Crippen molar-refractivity contribution in [3.05, 3.63) is 30.1 Å². The average Bonchev–Trinajstić information content (AvgIpc) is 2.74. The van der Waals surface area contributed by atoms with E-state index in [4.69, 9.17) is 4.74 Å². The Morgan fingerprint density at radius 2 is 1.93 bits per heavy atom. The summed E-state index contributed by atoms with van der Waals surface area (Å²) in [6.45, 7) is 0. The lowest BCUT2D eigenvalue weighted by molar-refractivity contribution is -0.138. The van der Waals surface area contributed by atoms with Crippen molar-refractivity contribution in [2.45, 2.75) is 25.7 Å². The molecule has 15 heavy (non-hydrogen) atoms. The lowest BCUT2D eigenvalue weighted by Crippen LogP contribution is -2.18. The third-order valence-electron chi connectivity index (χ3n) is 2.74. The zero-order valence-corrected chi connectivity index (χ0v) is 8.41.